The summed E-state index contributed by atoms with van der Waals surface area (Å²) in [7, 11) is 0. The van der Waals surface area contributed by atoms with Gasteiger partial charge in [0.2, 0.25) is 0 Å². The minimum absolute atomic E-state index is 0.459. The molecule has 1 saturated carbocycles. The van der Waals surface area contributed by atoms with Crippen molar-refractivity contribution in [2.45, 2.75) is 51.6 Å². The van der Waals surface area contributed by atoms with Crippen LogP contribution in [0.5, 0.6) is 0 Å². The third kappa shape index (κ3) is 4.01. The number of rotatable bonds is 6. The van der Waals surface area contributed by atoms with Crippen molar-refractivity contribution in [3.05, 3.63) is 34.9 Å². The van der Waals surface area contributed by atoms with Crippen LogP contribution in [0, 0.1) is 5.92 Å². The Kier molecular flexibility index (Phi) is 4.47. The van der Waals surface area contributed by atoms with E-state index in [9.17, 15) is 0 Å². The summed E-state index contributed by atoms with van der Waals surface area (Å²) in [6, 6.07) is 9.30. The zero-order valence-electron chi connectivity index (χ0n) is 10.7. The largest absolute Gasteiger partial charge is 0.307 e. The molecule has 2 rings (SSSR count). The summed E-state index contributed by atoms with van der Waals surface area (Å²) in [6.45, 7) is 4.53. The molecular formula is C15H22ClN. The summed E-state index contributed by atoms with van der Waals surface area (Å²) in [5, 5.41) is 4.55. The number of hydrogen-bond acceptors (Lipinski definition) is 1. The van der Waals surface area contributed by atoms with E-state index in [4.69, 9.17) is 11.6 Å². The summed E-state index contributed by atoms with van der Waals surface area (Å²) in [5.74, 6) is 0.986. The highest BCUT2D eigenvalue weighted by atomic mass is 35.5. The first-order valence-electron chi connectivity index (χ1n) is 6.70. The van der Waals surface area contributed by atoms with Crippen LogP contribution in [0.15, 0.2) is 24.3 Å². The predicted octanol–water partition coefficient (Wildman–Crippen LogP) is 4.57. The molecule has 2 heteroatoms. The van der Waals surface area contributed by atoms with Crippen LogP contribution >= 0.6 is 11.6 Å². The van der Waals surface area contributed by atoms with Crippen LogP contribution < -0.4 is 5.32 Å². The standard InChI is InChI=1S/C15H22ClN/c1-3-15(13-6-8-14(16)9-7-13)17-11(2)10-12-4-5-12/h6-9,11-12,15,17H,3-5,10H2,1-2H3. The fourth-order valence-corrected chi connectivity index (χ4v) is 2.54. The molecule has 0 aromatic heterocycles. The fourth-order valence-electron chi connectivity index (χ4n) is 2.41. The highest BCUT2D eigenvalue weighted by Crippen LogP contribution is 2.34. The molecule has 17 heavy (non-hydrogen) atoms. The summed E-state index contributed by atoms with van der Waals surface area (Å²) in [6.07, 6.45) is 5.31. The van der Waals surface area contributed by atoms with E-state index in [2.05, 4.69) is 31.3 Å². The van der Waals surface area contributed by atoms with E-state index < -0.39 is 0 Å². The van der Waals surface area contributed by atoms with Gasteiger partial charge in [0.1, 0.15) is 0 Å². The van der Waals surface area contributed by atoms with E-state index >= 15 is 0 Å². The van der Waals surface area contributed by atoms with E-state index in [-0.39, 0.29) is 0 Å². The summed E-state index contributed by atoms with van der Waals surface area (Å²) >= 11 is 5.92. The fraction of sp³-hybridized carbons (Fsp3) is 0.600. The van der Waals surface area contributed by atoms with Crippen LogP contribution in [-0.4, -0.2) is 6.04 Å². The first-order chi connectivity index (χ1) is 8.19. The molecule has 2 unspecified atom stereocenters. The van der Waals surface area contributed by atoms with Gasteiger partial charge < -0.3 is 5.32 Å². The third-order valence-electron chi connectivity index (χ3n) is 3.55. The maximum Gasteiger partial charge on any atom is 0.0406 e. The smallest absolute Gasteiger partial charge is 0.0406 e. The molecule has 1 nitrogen and oxygen atoms in total. The van der Waals surface area contributed by atoms with Gasteiger partial charge in [0.25, 0.3) is 0 Å². The van der Waals surface area contributed by atoms with E-state index in [1.54, 1.807) is 0 Å². The second-order valence-electron chi connectivity index (χ2n) is 5.26. The van der Waals surface area contributed by atoms with Crippen LogP contribution in [0.2, 0.25) is 5.02 Å². The van der Waals surface area contributed by atoms with Gasteiger partial charge in [-0.15, -0.1) is 0 Å². The van der Waals surface area contributed by atoms with E-state index in [1.165, 1.54) is 24.8 Å². The Hall–Kier alpha value is -0.530. The lowest BCUT2D eigenvalue weighted by atomic mass is 10.0. The zero-order chi connectivity index (χ0) is 12.3. The Morgan fingerprint density at radius 2 is 1.94 bits per heavy atom. The van der Waals surface area contributed by atoms with Crippen LogP contribution in [0.3, 0.4) is 0 Å². The maximum atomic E-state index is 5.92. The van der Waals surface area contributed by atoms with Crippen LogP contribution in [0.25, 0.3) is 0 Å². The van der Waals surface area contributed by atoms with Gasteiger partial charge in [-0.3, -0.25) is 0 Å². The van der Waals surface area contributed by atoms with Gasteiger partial charge in [-0.25, -0.2) is 0 Å². The van der Waals surface area contributed by atoms with Gasteiger partial charge in [0, 0.05) is 17.1 Å². The summed E-state index contributed by atoms with van der Waals surface area (Å²) in [5.41, 5.74) is 1.35. The first kappa shape index (κ1) is 12.9. The molecule has 0 bridgehead atoms. The molecule has 0 amide bonds. The van der Waals surface area contributed by atoms with Crippen molar-refractivity contribution in [2.75, 3.05) is 0 Å². The van der Waals surface area contributed by atoms with Gasteiger partial charge in [0.15, 0.2) is 0 Å². The molecule has 0 spiro atoms. The molecule has 0 radical (unpaired) electrons. The molecule has 94 valence electrons. The molecule has 1 aromatic carbocycles. The van der Waals surface area contributed by atoms with Crippen molar-refractivity contribution in [2.24, 2.45) is 5.92 Å². The monoisotopic (exact) mass is 251 g/mol. The third-order valence-corrected chi connectivity index (χ3v) is 3.80. The van der Waals surface area contributed by atoms with Gasteiger partial charge >= 0.3 is 0 Å². The van der Waals surface area contributed by atoms with Crippen LogP contribution in [0.4, 0.5) is 0 Å². The Balaban J connectivity index is 1.92. The van der Waals surface area contributed by atoms with Crippen molar-refractivity contribution in [1.82, 2.24) is 5.32 Å². The summed E-state index contributed by atoms with van der Waals surface area (Å²) in [4.78, 5) is 0. The van der Waals surface area contributed by atoms with Crippen molar-refractivity contribution >= 4 is 11.6 Å². The van der Waals surface area contributed by atoms with Crippen LogP contribution in [0.1, 0.15) is 51.1 Å². The molecule has 1 aliphatic carbocycles. The highest BCUT2D eigenvalue weighted by Gasteiger charge is 2.24. The predicted molar refractivity (Wildman–Crippen MR) is 74.4 cm³/mol. The molecular weight excluding hydrogens is 230 g/mol. The maximum absolute atomic E-state index is 5.92. The first-order valence-corrected chi connectivity index (χ1v) is 7.08. The Labute approximate surface area is 110 Å². The zero-order valence-corrected chi connectivity index (χ0v) is 11.5. The number of halogens is 1. The number of hydrogen-bond donors (Lipinski definition) is 1. The van der Waals surface area contributed by atoms with Crippen molar-refractivity contribution in [3.8, 4) is 0 Å². The van der Waals surface area contributed by atoms with Gasteiger partial charge in [-0.2, -0.15) is 0 Å². The normalized spacial score (nSPS) is 19.0. The SMILES string of the molecule is CCC(NC(C)CC1CC1)c1ccc(Cl)cc1. The molecule has 0 aliphatic heterocycles. The minimum Gasteiger partial charge on any atom is -0.307 e. The minimum atomic E-state index is 0.459. The van der Waals surface area contributed by atoms with Crippen molar-refractivity contribution in [1.29, 1.82) is 0 Å². The highest BCUT2D eigenvalue weighted by molar-refractivity contribution is 6.30. The van der Waals surface area contributed by atoms with Gasteiger partial charge in [0.05, 0.1) is 0 Å². The van der Waals surface area contributed by atoms with Gasteiger partial charge in [-0.1, -0.05) is 43.5 Å². The quantitative estimate of drug-likeness (QED) is 0.781. The molecule has 1 aromatic rings. The Bertz CT molecular complexity index is 342. The average molecular weight is 252 g/mol. The topological polar surface area (TPSA) is 12.0 Å². The molecule has 1 N–H and O–H groups in total. The van der Waals surface area contributed by atoms with Gasteiger partial charge in [-0.05, 0) is 43.4 Å². The van der Waals surface area contributed by atoms with E-state index in [0.717, 1.165) is 17.4 Å². The summed E-state index contributed by atoms with van der Waals surface area (Å²) < 4.78 is 0. The average Bonchev–Trinajstić information content (AvgIpc) is 3.11. The Morgan fingerprint density at radius 1 is 1.29 bits per heavy atom. The van der Waals surface area contributed by atoms with E-state index in [0.29, 0.717) is 12.1 Å². The second-order valence-corrected chi connectivity index (χ2v) is 5.70. The molecule has 0 saturated heterocycles. The Morgan fingerprint density at radius 3 is 2.47 bits per heavy atom. The lowest BCUT2D eigenvalue weighted by Crippen LogP contribution is -2.30. The number of benzene rings is 1. The molecule has 1 aliphatic rings. The van der Waals surface area contributed by atoms with E-state index in [1.807, 2.05) is 12.1 Å². The lowest BCUT2D eigenvalue weighted by molar-refractivity contribution is 0.413. The molecule has 2 atom stereocenters. The van der Waals surface area contributed by atoms with Crippen LogP contribution in [-0.2, 0) is 0 Å². The molecule has 1 fully saturated rings. The number of nitrogens with one attached hydrogen (secondary N) is 1. The molecule has 0 heterocycles. The van der Waals surface area contributed by atoms with Crippen molar-refractivity contribution < 1.29 is 0 Å². The lowest BCUT2D eigenvalue weighted by Gasteiger charge is -2.22. The van der Waals surface area contributed by atoms with Crippen molar-refractivity contribution in [3.63, 3.8) is 0 Å². The second kappa shape index (κ2) is 5.88.